The summed E-state index contributed by atoms with van der Waals surface area (Å²) in [5.74, 6) is 0.724. The van der Waals surface area contributed by atoms with Crippen LogP contribution in [0.3, 0.4) is 0 Å². The second-order valence-corrected chi connectivity index (χ2v) is 8.38. The Hall–Kier alpha value is -2.54. The Bertz CT molecular complexity index is 942. The molecule has 28 heavy (non-hydrogen) atoms. The molecule has 0 radical (unpaired) electrons. The lowest BCUT2D eigenvalue weighted by atomic mass is 9.73. The van der Waals surface area contributed by atoms with Crippen molar-refractivity contribution in [2.75, 3.05) is 42.6 Å². The molecule has 3 aliphatic rings. The van der Waals surface area contributed by atoms with Crippen LogP contribution in [0.1, 0.15) is 6.92 Å². The zero-order valence-electron chi connectivity index (χ0n) is 15.4. The summed E-state index contributed by atoms with van der Waals surface area (Å²) in [5.41, 5.74) is 0.790. The minimum Gasteiger partial charge on any atom is -0.489 e. The summed E-state index contributed by atoms with van der Waals surface area (Å²) in [6.07, 6.45) is 1.60. The standard InChI is InChI=1S/C20H20ClFN4O2/c1-13-8-28-17-7-14(21)4-5-16(17)26(13)19(27)25-11-20(12-25)9-24(10-20)18-15(22)3-2-6-23-18/h2-7,13H,8-12H2,1H3. The van der Waals surface area contributed by atoms with Gasteiger partial charge < -0.3 is 14.5 Å². The number of hydrogen-bond acceptors (Lipinski definition) is 4. The van der Waals surface area contributed by atoms with Gasteiger partial charge in [0.25, 0.3) is 0 Å². The summed E-state index contributed by atoms with van der Waals surface area (Å²) >= 11 is 6.05. The van der Waals surface area contributed by atoms with Crippen LogP contribution in [0.5, 0.6) is 5.75 Å². The van der Waals surface area contributed by atoms with E-state index in [0.717, 1.165) is 18.8 Å². The number of ether oxygens (including phenoxy) is 1. The van der Waals surface area contributed by atoms with E-state index in [1.165, 1.54) is 6.07 Å². The predicted molar refractivity (Wildman–Crippen MR) is 105 cm³/mol. The fraction of sp³-hybridized carbons (Fsp3) is 0.400. The van der Waals surface area contributed by atoms with Gasteiger partial charge in [0.05, 0.1) is 11.7 Å². The quantitative estimate of drug-likeness (QED) is 0.733. The van der Waals surface area contributed by atoms with E-state index in [1.807, 2.05) is 22.8 Å². The molecule has 146 valence electrons. The largest absolute Gasteiger partial charge is 0.489 e. The summed E-state index contributed by atoms with van der Waals surface area (Å²) in [5, 5.41) is 0.583. The Morgan fingerprint density at radius 3 is 2.82 bits per heavy atom. The van der Waals surface area contributed by atoms with E-state index in [0.29, 0.717) is 36.3 Å². The number of likely N-dealkylation sites (tertiary alicyclic amines) is 1. The number of hydrogen-bond donors (Lipinski definition) is 0. The van der Waals surface area contributed by atoms with Crippen LogP contribution in [-0.2, 0) is 0 Å². The maximum Gasteiger partial charge on any atom is 0.325 e. The summed E-state index contributed by atoms with van der Waals surface area (Å²) < 4.78 is 19.6. The molecule has 3 aliphatic heterocycles. The monoisotopic (exact) mass is 402 g/mol. The van der Waals surface area contributed by atoms with Crippen molar-refractivity contribution >= 4 is 29.1 Å². The molecule has 2 fully saturated rings. The first kappa shape index (κ1) is 17.6. The van der Waals surface area contributed by atoms with Gasteiger partial charge in [-0.05, 0) is 31.2 Å². The fourth-order valence-corrected chi connectivity index (χ4v) is 4.55. The Morgan fingerprint density at radius 2 is 2.07 bits per heavy atom. The van der Waals surface area contributed by atoms with Crippen molar-refractivity contribution in [1.29, 1.82) is 0 Å². The second kappa shape index (κ2) is 6.24. The lowest BCUT2D eigenvalue weighted by molar-refractivity contribution is 0.00823. The molecule has 0 aliphatic carbocycles. The van der Waals surface area contributed by atoms with E-state index in [9.17, 15) is 9.18 Å². The van der Waals surface area contributed by atoms with Crippen molar-refractivity contribution in [3.63, 3.8) is 0 Å². The molecule has 0 saturated carbocycles. The summed E-state index contributed by atoms with van der Waals surface area (Å²) in [6.45, 7) is 5.18. The van der Waals surface area contributed by atoms with Crippen LogP contribution in [0.15, 0.2) is 36.5 Å². The number of halogens is 2. The second-order valence-electron chi connectivity index (χ2n) is 7.95. The molecular formula is C20H20ClFN4O2. The van der Waals surface area contributed by atoms with Crippen LogP contribution < -0.4 is 14.5 Å². The average molecular weight is 403 g/mol. The number of carbonyl (C=O) groups excluding carboxylic acids is 1. The molecule has 1 atom stereocenters. The molecule has 1 aromatic carbocycles. The van der Waals surface area contributed by atoms with E-state index < -0.39 is 0 Å². The Morgan fingerprint density at radius 1 is 1.29 bits per heavy atom. The Balaban J connectivity index is 1.26. The number of fused-ring (bicyclic) bond motifs is 1. The zero-order chi connectivity index (χ0) is 19.5. The first-order valence-corrected chi connectivity index (χ1v) is 9.70. The predicted octanol–water partition coefficient (Wildman–Crippen LogP) is 3.40. The molecule has 2 saturated heterocycles. The highest BCUT2D eigenvalue weighted by Crippen LogP contribution is 2.44. The van der Waals surface area contributed by atoms with Gasteiger partial charge in [-0.3, -0.25) is 4.90 Å². The summed E-state index contributed by atoms with van der Waals surface area (Å²) in [4.78, 5) is 22.9. The third-order valence-corrected chi connectivity index (χ3v) is 5.96. The number of nitrogens with zero attached hydrogens (tertiary/aromatic N) is 4. The molecule has 5 rings (SSSR count). The van der Waals surface area contributed by atoms with Crippen molar-refractivity contribution in [3.05, 3.63) is 47.4 Å². The van der Waals surface area contributed by atoms with E-state index in [4.69, 9.17) is 16.3 Å². The van der Waals surface area contributed by atoms with Crippen molar-refractivity contribution in [2.45, 2.75) is 13.0 Å². The molecule has 0 N–H and O–H groups in total. The normalized spacial score (nSPS) is 22.2. The first-order valence-electron chi connectivity index (χ1n) is 9.32. The molecule has 4 heterocycles. The van der Waals surface area contributed by atoms with E-state index in [1.54, 1.807) is 29.3 Å². The number of rotatable bonds is 1. The number of aromatic nitrogens is 1. The summed E-state index contributed by atoms with van der Waals surface area (Å²) in [6, 6.07) is 8.28. The highest BCUT2D eigenvalue weighted by molar-refractivity contribution is 6.30. The minimum absolute atomic E-state index is 0.0209. The average Bonchev–Trinajstić information content (AvgIpc) is 2.60. The number of carbonyl (C=O) groups is 1. The van der Waals surface area contributed by atoms with Gasteiger partial charge in [-0.1, -0.05) is 11.6 Å². The number of anilines is 2. The molecule has 6 nitrogen and oxygen atoms in total. The number of benzene rings is 1. The van der Waals surface area contributed by atoms with Crippen LogP contribution in [0.25, 0.3) is 0 Å². The van der Waals surface area contributed by atoms with E-state index >= 15 is 0 Å². The van der Waals surface area contributed by atoms with E-state index in [2.05, 4.69) is 4.98 Å². The van der Waals surface area contributed by atoms with Gasteiger partial charge in [-0.25, -0.2) is 14.2 Å². The van der Waals surface area contributed by atoms with Gasteiger partial charge in [0.1, 0.15) is 12.4 Å². The van der Waals surface area contributed by atoms with Crippen LogP contribution >= 0.6 is 11.6 Å². The van der Waals surface area contributed by atoms with Gasteiger partial charge in [-0.15, -0.1) is 0 Å². The number of urea groups is 1. The maximum atomic E-state index is 13.9. The van der Waals surface area contributed by atoms with Crippen molar-refractivity contribution in [1.82, 2.24) is 9.88 Å². The fourth-order valence-electron chi connectivity index (χ4n) is 4.39. The molecule has 2 aromatic rings. The number of amides is 2. The molecule has 1 spiro atoms. The van der Waals surface area contributed by atoms with Gasteiger partial charge in [0.2, 0.25) is 0 Å². The van der Waals surface area contributed by atoms with Crippen LogP contribution in [0.4, 0.5) is 20.7 Å². The summed E-state index contributed by atoms with van der Waals surface area (Å²) in [7, 11) is 0. The van der Waals surface area contributed by atoms with Crippen molar-refractivity contribution in [2.24, 2.45) is 5.41 Å². The Labute approximate surface area is 167 Å². The van der Waals surface area contributed by atoms with Crippen LogP contribution in [-0.4, -0.2) is 54.7 Å². The number of pyridine rings is 1. The molecule has 2 amide bonds. The lowest BCUT2D eigenvalue weighted by Crippen LogP contribution is -2.74. The lowest BCUT2D eigenvalue weighted by Gasteiger charge is -2.61. The van der Waals surface area contributed by atoms with Gasteiger partial charge in [-0.2, -0.15) is 0 Å². The molecule has 0 bridgehead atoms. The zero-order valence-corrected chi connectivity index (χ0v) is 16.2. The molecule has 8 heteroatoms. The smallest absolute Gasteiger partial charge is 0.325 e. The molecular weight excluding hydrogens is 383 g/mol. The van der Waals surface area contributed by atoms with Crippen LogP contribution in [0.2, 0.25) is 5.02 Å². The van der Waals surface area contributed by atoms with Crippen molar-refractivity contribution in [3.8, 4) is 5.75 Å². The highest BCUT2D eigenvalue weighted by atomic mass is 35.5. The minimum atomic E-state index is -0.304. The van der Waals surface area contributed by atoms with Crippen molar-refractivity contribution < 1.29 is 13.9 Å². The van der Waals surface area contributed by atoms with Crippen LogP contribution in [0, 0.1) is 11.2 Å². The molecule has 1 unspecified atom stereocenters. The third kappa shape index (κ3) is 2.68. The molecule has 1 aromatic heterocycles. The van der Waals surface area contributed by atoms with E-state index in [-0.39, 0.29) is 23.3 Å². The topological polar surface area (TPSA) is 48.9 Å². The maximum absolute atomic E-state index is 13.9. The Kier molecular flexibility index (Phi) is 3.91. The SMILES string of the molecule is CC1COc2cc(Cl)ccc2N1C(=O)N1CC2(C1)CN(c1ncccc1F)C2. The first-order chi connectivity index (χ1) is 13.5. The highest BCUT2D eigenvalue weighted by Gasteiger charge is 2.55. The van der Waals surface area contributed by atoms with Gasteiger partial charge in [0.15, 0.2) is 11.6 Å². The van der Waals surface area contributed by atoms with Gasteiger partial charge in [0, 0.05) is 48.9 Å². The van der Waals surface area contributed by atoms with Gasteiger partial charge >= 0.3 is 6.03 Å². The third-order valence-electron chi connectivity index (χ3n) is 5.72.